The Kier molecular flexibility index (Phi) is 9.44. The molecule has 0 atom stereocenters. The summed E-state index contributed by atoms with van der Waals surface area (Å²) in [5.41, 5.74) is 1.80. The van der Waals surface area contributed by atoms with Gasteiger partial charge in [-0.2, -0.15) is 5.26 Å². The molecule has 2 N–H and O–H groups in total. The predicted molar refractivity (Wildman–Crippen MR) is 111 cm³/mol. The number of halogens is 2. The first-order valence-electron chi connectivity index (χ1n) is 8.00. The number of hydrogen-bond acceptors (Lipinski definition) is 3. The fourth-order valence-corrected chi connectivity index (χ4v) is 2.22. The van der Waals surface area contributed by atoms with Gasteiger partial charge < -0.3 is 15.4 Å². The largest absolute Gasteiger partial charge is 0.497 e. The van der Waals surface area contributed by atoms with E-state index in [4.69, 9.17) is 10.00 Å². The van der Waals surface area contributed by atoms with Gasteiger partial charge in [-0.3, -0.25) is 0 Å². The van der Waals surface area contributed by atoms with E-state index < -0.39 is 5.82 Å². The van der Waals surface area contributed by atoms with Crippen LogP contribution in [-0.2, 0) is 13.1 Å². The van der Waals surface area contributed by atoms with Crippen LogP contribution in [0.3, 0.4) is 0 Å². The van der Waals surface area contributed by atoms with E-state index in [1.807, 2.05) is 37.3 Å². The Morgan fingerprint density at radius 2 is 2.04 bits per heavy atom. The molecule has 7 heteroatoms. The van der Waals surface area contributed by atoms with E-state index in [2.05, 4.69) is 15.6 Å². The molecule has 138 valence electrons. The van der Waals surface area contributed by atoms with Crippen molar-refractivity contribution in [3.8, 4) is 11.8 Å². The van der Waals surface area contributed by atoms with Crippen molar-refractivity contribution in [3.63, 3.8) is 0 Å². The zero-order valence-electron chi connectivity index (χ0n) is 14.8. The molecule has 0 heterocycles. The van der Waals surface area contributed by atoms with Gasteiger partial charge in [0.05, 0.1) is 25.3 Å². The molecule has 2 aromatic rings. The van der Waals surface area contributed by atoms with E-state index in [0.717, 1.165) is 11.3 Å². The van der Waals surface area contributed by atoms with Crippen LogP contribution in [-0.4, -0.2) is 19.6 Å². The summed E-state index contributed by atoms with van der Waals surface area (Å²) in [6.07, 6.45) is 0. The van der Waals surface area contributed by atoms with Gasteiger partial charge in [0.2, 0.25) is 0 Å². The van der Waals surface area contributed by atoms with Crippen molar-refractivity contribution in [1.82, 2.24) is 10.6 Å². The van der Waals surface area contributed by atoms with Gasteiger partial charge >= 0.3 is 0 Å². The van der Waals surface area contributed by atoms with E-state index in [1.54, 1.807) is 19.2 Å². The zero-order valence-corrected chi connectivity index (χ0v) is 17.1. The number of ether oxygens (including phenoxy) is 1. The molecule has 0 saturated carbocycles. The third-order valence-electron chi connectivity index (χ3n) is 3.53. The monoisotopic (exact) mass is 468 g/mol. The first kappa shape index (κ1) is 21.7. The second-order valence-electron chi connectivity index (χ2n) is 5.32. The predicted octanol–water partition coefficient (Wildman–Crippen LogP) is 3.58. The number of rotatable bonds is 6. The molecule has 0 radical (unpaired) electrons. The van der Waals surface area contributed by atoms with Crippen molar-refractivity contribution in [2.75, 3.05) is 13.7 Å². The summed E-state index contributed by atoms with van der Waals surface area (Å²) < 4.78 is 19.1. The summed E-state index contributed by atoms with van der Waals surface area (Å²) in [5.74, 6) is 0.967. The van der Waals surface area contributed by atoms with Gasteiger partial charge in [-0.25, -0.2) is 9.38 Å². The fourth-order valence-electron chi connectivity index (χ4n) is 2.22. The van der Waals surface area contributed by atoms with Gasteiger partial charge in [0.25, 0.3) is 0 Å². The number of nitriles is 1. The lowest BCUT2D eigenvalue weighted by atomic mass is 10.1. The SMILES string of the molecule is CCNC(=NCc1cccc(OC)c1)NCc1ccc(C#N)cc1F.I. The van der Waals surface area contributed by atoms with Crippen molar-refractivity contribution in [2.24, 2.45) is 4.99 Å². The molecule has 2 rings (SSSR count). The molecule has 0 amide bonds. The van der Waals surface area contributed by atoms with Crippen LogP contribution in [0.5, 0.6) is 5.75 Å². The van der Waals surface area contributed by atoms with Crippen LogP contribution < -0.4 is 15.4 Å². The second-order valence-corrected chi connectivity index (χ2v) is 5.32. The average molecular weight is 468 g/mol. The highest BCUT2D eigenvalue weighted by Crippen LogP contribution is 2.13. The van der Waals surface area contributed by atoms with Crippen LogP contribution in [0.4, 0.5) is 4.39 Å². The summed E-state index contributed by atoms with van der Waals surface area (Å²) in [4.78, 5) is 4.50. The van der Waals surface area contributed by atoms with Crippen LogP contribution >= 0.6 is 24.0 Å². The highest BCUT2D eigenvalue weighted by molar-refractivity contribution is 14.0. The standard InChI is InChI=1S/C19H21FN4O.HI/c1-3-22-19(23-12-15-5-4-6-17(9-15)25-2)24-13-16-8-7-14(11-21)10-18(16)20;/h4-10H,3,12-13H2,1-2H3,(H2,22,23,24);1H. The molecule has 5 nitrogen and oxygen atoms in total. The fraction of sp³-hybridized carbons (Fsp3) is 0.263. The molecule has 0 saturated heterocycles. The Morgan fingerprint density at radius 1 is 1.23 bits per heavy atom. The van der Waals surface area contributed by atoms with E-state index in [-0.39, 0.29) is 30.5 Å². The zero-order chi connectivity index (χ0) is 18.1. The normalized spacial score (nSPS) is 10.5. The van der Waals surface area contributed by atoms with Crippen LogP contribution in [0.2, 0.25) is 0 Å². The number of guanidine groups is 1. The van der Waals surface area contributed by atoms with Crippen LogP contribution in [0, 0.1) is 17.1 Å². The molecule has 26 heavy (non-hydrogen) atoms. The molecule has 0 aromatic heterocycles. The Balaban J connectivity index is 0.00000338. The van der Waals surface area contributed by atoms with Crippen molar-refractivity contribution in [2.45, 2.75) is 20.0 Å². The van der Waals surface area contributed by atoms with E-state index in [9.17, 15) is 4.39 Å². The Labute approximate surface area is 170 Å². The molecule has 0 spiro atoms. The first-order valence-corrected chi connectivity index (χ1v) is 8.00. The molecule has 0 unspecified atom stereocenters. The number of aliphatic imine (C=N–C) groups is 1. The molecular weight excluding hydrogens is 446 g/mol. The van der Waals surface area contributed by atoms with Crippen molar-refractivity contribution in [3.05, 3.63) is 65.0 Å². The lowest BCUT2D eigenvalue weighted by molar-refractivity contribution is 0.414. The first-order chi connectivity index (χ1) is 12.2. The summed E-state index contributed by atoms with van der Waals surface area (Å²) in [7, 11) is 1.63. The van der Waals surface area contributed by atoms with Crippen LogP contribution in [0.15, 0.2) is 47.5 Å². The van der Waals surface area contributed by atoms with Crippen LogP contribution in [0.1, 0.15) is 23.6 Å². The van der Waals surface area contributed by atoms with Crippen molar-refractivity contribution >= 4 is 29.9 Å². The van der Waals surface area contributed by atoms with E-state index in [1.165, 1.54) is 6.07 Å². The Bertz CT molecular complexity index is 789. The van der Waals surface area contributed by atoms with Gasteiger partial charge in [-0.05, 0) is 36.8 Å². The maximum atomic E-state index is 13.9. The van der Waals surface area contributed by atoms with Crippen LogP contribution in [0.25, 0.3) is 0 Å². The lowest BCUT2D eigenvalue weighted by Gasteiger charge is -2.12. The molecule has 0 aliphatic rings. The molecule has 0 aliphatic carbocycles. The highest BCUT2D eigenvalue weighted by Gasteiger charge is 2.05. The maximum Gasteiger partial charge on any atom is 0.191 e. The van der Waals surface area contributed by atoms with Gasteiger partial charge in [0, 0.05) is 18.7 Å². The second kappa shape index (κ2) is 11.3. The Morgan fingerprint density at radius 3 is 2.69 bits per heavy atom. The number of nitrogens with zero attached hydrogens (tertiary/aromatic N) is 2. The number of nitrogens with one attached hydrogen (secondary N) is 2. The minimum Gasteiger partial charge on any atom is -0.497 e. The maximum absolute atomic E-state index is 13.9. The highest BCUT2D eigenvalue weighted by atomic mass is 127. The van der Waals surface area contributed by atoms with Crippen molar-refractivity contribution in [1.29, 1.82) is 5.26 Å². The van der Waals surface area contributed by atoms with Gasteiger partial charge in [0.15, 0.2) is 5.96 Å². The summed E-state index contributed by atoms with van der Waals surface area (Å²) in [6.45, 7) is 3.41. The third kappa shape index (κ3) is 6.52. The summed E-state index contributed by atoms with van der Waals surface area (Å²) >= 11 is 0. The van der Waals surface area contributed by atoms with Crippen molar-refractivity contribution < 1.29 is 9.13 Å². The summed E-state index contributed by atoms with van der Waals surface area (Å²) in [6, 6.07) is 14.0. The number of hydrogen-bond donors (Lipinski definition) is 2. The van der Waals surface area contributed by atoms with Gasteiger partial charge in [0.1, 0.15) is 11.6 Å². The molecule has 0 bridgehead atoms. The lowest BCUT2D eigenvalue weighted by Crippen LogP contribution is -2.37. The molecular formula is C19H22FIN4O. The molecule has 0 fully saturated rings. The summed E-state index contributed by atoms with van der Waals surface area (Å²) in [5, 5.41) is 15.0. The quantitative estimate of drug-likeness (QED) is 0.387. The average Bonchev–Trinajstić information content (AvgIpc) is 2.64. The number of benzene rings is 2. The number of methoxy groups -OCH3 is 1. The smallest absolute Gasteiger partial charge is 0.191 e. The molecule has 2 aromatic carbocycles. The minimum absolute atomic E-state index is 0. The topological polar surface area (TPSA) is 69.4 Å². The van der Waals surface area contributed by atoms with Gasteiger partial charge in [-0.1, -0.05) is 18.2 Å². The third-order valence-corrected chi connectivity index (χ3v) is 3.53. The van der Waals surface area contributed by atoms with E-state index >= 15 is 0 Å². The minimum atomic E-state index is -0.407. The van der Waals surface area contributed by atoms with Gasteiger partial charge in [-0.15, -0.1) is 24.0 Å². The molecule has 0 aliphatic heterocycles. The Hall–Kier alpha value is -2.34. The van der Waals surface area contributed by atoms with E-state index in [0.29, 0.717) is 30.2 Å².